The van der Waals surface area contributed by atoms with Crippen LogP contribution in [-0.2, 0) is 0 Å². The zero-order chi connectivity index (χ0) is 12.6. The van der Waals surface area contributed by atoms with Gasteiger partial charge in [0.1, 0.15) is 12.6 Å². The maximum atomic E-state index is 8.72. The third kappa shape index (κ3) is 3.56. The second-order valence-corrected chi connectivity index (χ2v) is 4.75. The van der Waals surface area contributed by atoms with E-state index in [2.05, 4.69) is 22.9 Å². The van der Waals surface area contributed by atoms with Crippen molar-refractivity contribution in [3.05, 3.63) is 30.1 Å². The standard InChI is InChI=1S/C15H20N2O/c18-12-5-1-3-10-17-11-4-2-8-15(17)14-7-6-9-16-13-14/h6-7,9,13,15,18H,2,4-5,8,10-12H2/p+1/t15-/m0/s1. The fourth-order valence-corrected chi connectivity index (χ4v) is 2.60. The number of aliphatic hydroxyl groups is 1. The molecule has 1 aromatic heterocycles. The van der Waals surface area contributed by atoms with E-state index in [9.17, 15) is 0 Å². The molecule has 1 unspecified atom stereocenters. The molecule has 0 aliphatic carbocycles. The highest BCUT2D eigenvalue weighted by Gasteiger charge is 2.26. The highest BCUT2D eigenvalue weighted by molar-refractivity contribution is 5.12. The molecule has 0 spiro atoms. The molecule has 2 N–H and O–H groups in total. The topological polar surface area (TPSA) is 37.6 Å². The Balaban J connectivity index is 2.01. The minimum Gasteiger partial charge on any atom is -0.395 e. The van der Waals surface area contributed by atoms with Crippen LogP contribution in [0.25, 0.3) is 0 Å². The molecular weight excluding hydrogens is 224 g/mol. The highest BCUT2D eigenvalue weighted by Crippen LogP contribution is 2.17. The van der Waals surface area contributed by atoms with Gasteiger partial charge in [-0.2, -0.15) is 0 Å². The van der Waals surface area contributed by atoms with E-state index in [1.807, 2.05) is 18.5 Å². The summed E-state index contributed by atoms with van der Waals surface area (Å²) >= 11 is 0. The minimum atomic E-state index is 0.161. The number of aliphatic hydroxyl groups excluding tert-OH is 1. The van der Waals surface area contributed by atoms with E-state index in [1.165, 1.54) is 31.4 Å². The smallest absolute Gasteiger partial charge is 0.139 e. The van der Waals surface area contributed by atoms with Gasteiger partial charge in [-0.3, -0.25) is 4.98 Å². The van der Waals surface area contributed by atoms with Gasteiger partial charge in [0.05, 0.1) is 13.2 Å². The lowest BCUT2D eigenvalue weighted by Gasteiger charge is -2.31. The second-order valence-electron chi connectivity index (χ2n) is 4.75. The first kappa shape index (κ1) is 13.1. The fraction of sp³-hybridized carbons (Fsp3) is 0.533. The zero-order valence-corrected chi connectivity index (χ0v) is 10.7. The minimum absolute atomic E-state index is 0.161. The number of hydrogen-bond donors (Lipinski definition) is 2. The maximum Gasteiger partial charge on any atom is 0.139 e. The molecule has 3 nitrogen and oxygen atoms in total. The summed E-state index contributed by atoms with van der Waals surface area (Å²) in [7, 11) is 0. The van der Waals surface area contributed by atoms with Gasteiger partial charge in [0.15, 0.2) is 0 Å². The Kier molecular flexibility index (Phi) is 5.19. The molecular formula is C15H21N2O+. The summed E-state index contributed by atoms with van der Waals surface area (Å²) in [4.78, 5) is 5.76. The second kappa shape index (κ2) is 7.15. The Bertz CT molecular complexity index is 407. The summed E-state index contributed by atoms with van der Waals surface area (Å²) in [6.45, 7) is 2.22. The highest BCUT2D eigenvalue weighted by atomic mass is 16.2. The average Bonchev–Trinajstić information content (AvgIpc) is 2.45. The van der Waals surface area contributed by atoms with Gasteiger partial charge in [-0.1, -0.05) is 12.0 Å². The van der Waals surface area contributed by atoms with Crippen LogP contribution in [-0.4, -0.2) is 29.8 Å². The number of pyridine rings is 1. The fourth-order valence-electron chi connectivity index (χ4n) is 2.60. The Hall–Kier alpha value is -1.37. The van der Waals surface area contributed by atoms with Crippen molar-refractivity contribution in [1.29, 1.82) is 0 Å². The van der Waals surface area contributed by atoms with Gasteiger partial charge in [-0.05, 0) is 24.8 Å². The molecule has 1 fully saturated rings. The largest absolute Gasteiger partial charge is 0.395 e. The molecule has 2 rings (SSSR count). The normalized spacial score (nSPS) is 23.2. The van der Waals surface area contributed by atoms with Gasteiger partial charge >= 0.3 is 0 Å². The Morgan fingerprint density at radius 1 is 1.39 bits per heavy atom. The van der Waals surface area contributed by atoms with Gasteiger partial charge < -0.3 is 10.0 Å². The van der Waals surface area contributed by atoms with Crippen molar-refractivity contribution in [2.45, 2.75) is 31.7 Å². The van der Waals surface area contributed by atoms with Gasteiger partial charge in [0.25, 0.3) is 0 Å². The summed E-state index contributed by atoms with van der Waals surface area (Å²) in [5.74, 6) is 6.21. The van der Waals surface area contributed by atoms with Crippen LogP contribution in [0.1, 0.15) is 37.3 Å². The molecule has 1 aliphatic rings. The monoisotopic (exact) mass is 245 g/mol. The van der Waals surface area contributed by atoms with E-state index in [0.717, 1.165) is 6.54 Å². The van der Waals surface area contributed by atoms with E-state index >= 15 is 0 Å². The lowest BCUT2D eigenvalue weighted by Crippen LogP contribution is -3.13. The molecule has 0 saturated carbocycles. The number of piperidine rings is 1. The number of likely N-dealkylation sites (tertiary alicyclic amines) is 1. The quantitative estimate of drug-likeness (QED) is 0.764. The van der Waals surface area contributed by atoms with Crippen molar-refractivity contribution < 1.29 is 10.0 Å². The average molecular weight is 245 g/mol. The maximum absolute atomic E-state index is 8.72. The number of aromatic nitrogens is 1. The van der Waals surface area contributed by atoms with Crippen LogP contribution in [0.3, 0.4) is 0 Å². The number of rotatable bonds is 3. The summed E-state index contributed by atoms with van der Waals surface area (Å²) in [5, 5.41) is 8.72. The molecule has 2 atom stereocenters. The molecule has 1 aromatic rings. The molecule has 0 bridgehead atoms. The van der Waals surface area contributed by atoms with Crippen LogP contribution in [0.15, 0.2) is 24.5 Å². The van der Waals surface area contributed by atoms with Crippen molar-refractivity contribution in [2.24, 2.45) is 0 Å². The number of nitrogens with zero attached hydrogens (tertiary/aromatic N) is 1. The summed E-state index contributed by atoms with van der Waals surface area (Å²) in [6, 6.07) is 4.72. The van der Waals surface area contributed by atoms with Crippen molar-refractivity contribution in [1.82, 2.24) is 4.98 Å². The third-order valence-electron chi connectivity index (χ3n) is 3.50. The number of quaternary nitrogens is 1. The van der Waals surface area contributed by atoms with Crippen LogP contribution in [0, 0.1) is 11.8 Å². The van der Waals surface area contributed by atoms with Crippen molar-refractivity contribution >= 4 is 0 Å². The van der Waals surface area contributed by atoms with E-state index < -0.39 is 0 Å². The van der Waals surface area contributed by atoms with Crippen LogP contribution in [0.4, 0.5) is 0 Å². The number of hydrogen-bond acceptors (Lipinski definition) is 2. The van der Waals surface area contributed by atoms with Gasteiger partial charge in [0, 0.05) is 30.8 Å². The molecule has 3 heteroatoms. The number of nitrogens with one attached hydrogen (secondary N) is 1. The van der Waals surface area contributed by atoms with Crippen molar-refractivity contribution in [3.63, 3.8) is 0 Å². The van der Waals surface area contributed by atoms with Crippen molar-refractivity contribution in [3.8, 4) is 11.8 Å². The van der Waals surface area contributed by atoms with E-state index in [1.54, 1.807) is 4.90 Å². The van der Waals surface area contributed by atoms with E-state index in [-0.39, 0.29) is 6.61 Å². The van der Waals surface area contributed by atoms with Gasteiger partial charge in [-0.15, -0.1) is 0 Å². The lowest BCUT2D eigenvalue weighted by molar-refractivity contribution is -0.930. The molecule has 2 heterocycles. The Morgan fingerprint density at radius 3 is 3.11 bits per heavy atom. The predicted molar refractivity (Wildman–Crippen MR) is 71.0 cm³/mol. The summed E-state index contributed by atoms with van der Waals surface area (Å²) < 4.78 is 0. The van der Waals surface area contributed by atoms with E-state index in [0.29, 0.717) is 12.5 Å². The molecule has 1 saturated heterocycles. The van der Waals surface area contributed by atoms with Crippen LogP contribution in [0.2, 0.25) is 0 Å². The van der Waals surface area contributed by atoms with Crippen LogP contribution >= 0.6 is 0 Å². The third-order valence-corrected chi connectivity index (χ3v) is 3.50. The van der Waals surface area contributed by atoms with E-state index in [4.69, 9.17) is 5.11 Å². The van der Waals surface area contributed by atoms with Crippen LogP contribution < -0.4 is 4.90 Å². The Morgan fingerprint density at radius 2 is 2.33 bits per heavy atom. The molecule has 1 aliphatic heterocycles. The summed E-state index contributed by atoms with van der Waals surface area (Å²) in [6.07, 6.45) is 8.21. The van der Waals surface area contributed by atoms with Crippen molar-refractivity contribution in [2.75, 3.05) is 19.7 Å². The molecule has 0 radical (unpaired) electrons. The predicted octanol–water partition coefficient (Wildman–Crippen LogP) is 0.577. The zero-order valence-electron chi connectivity index (χ0n) is 10.7. The molecule has 18 heavy (non-hydrogen) atoms. The first-order chi connectivity index (χ1) is 8.92. The van der Waals surface area contributed by atoms with Gasteiger partial charge in [-0.25, -0.2) is 0 Å². The van der Waals surface area contributed by atoms with Crippen LogP contribution in [0.5, 0.6) is 0 Å². The summed E-state index contributed by atoms with van der Waals surface area (Å²) in [5.41, 5.74) is 1.33. The SMILES string of the molecule is OCCC#CC[NH+]1CCCC[C@H]1c1cccnc1. The Labute approximate surface area is 109 Å². The van der Waals surface area contributed by atoms with Gasteiger partial charge in [0.2, 0.25) is 0 Å². The first-order valence-electron chi connectivity index (χ1n) is 6.73. The molecule has 0 aromatic carbocycles. The molecule has 96 valence electrons. The molecule has 0 amide bonds. The first-order valence-corrected chi connectivity index (χ1v) is 6.73. The lowest BCUT2D eigenvalue weighted by atomic mass is 9.96.